The monoisotopic (exact) mass is 645 g/mol. The number of aliphatic hydroxyl groups is 1. The Kier molecular flexibility index (Phi) is 11.4. The minimum atomic E-state index is -0.582. The first kappa shape index (κ1) is 33.1. The number of nitrogens with zero attached hydrogens (tertiary/aromatic N) is 3. The van der Waals surface area contributed by atoms with Gasteiger partial charge in [0.05, 0.1) is 25.4 Å². The lowest BCUT2D eigenvalue weighted by molar-refractivity contribution is -0.268. The Balaban J connectivity index is 1.28. The standard InChI is InChI=1S/C34H39N5O6S/c1-4-43-30(41)18-36-33(42)35-17-24-6-5-7-28(16-24)25-12-14-27(15-13-25)32-44-29(20-46-34-38-37-21-39(34)3)22(2)31(45-32)26-10-8-23(19-40)9-11-26/h5-16,21-22,29,31-32,40H,4,17-20H2,1-3H3,(H2,35,36,42)/t22-,29+,31+,32+/m0/s1. The number of aryl methyl sites for hydroxylation is 1. The molecule has 0 aliphatic carbocycles. The molecule has 1 aliphatic heterocycles. The molecule has 3 aromatic carbocycles. The molecule has 0 unspecified atom stereocenters. The Morgan fingerprint density at radius 3 is 2.43 bits per heavy atom. The van der Waals surface area contributed by atoms with Crippen molar-refractivity contribution in [3.63, 3.8) is 0 Å². The number of thioether (sulfide) groups is 1. The van der Waals surface area contributed by atoms with E-state index in [0.717, 1.165) is 38.5 Å². The van der Waals surface area contributed by atoms with E-state index < -0.39 is 18.3 Å². The summed E-state index contributed by atoms with van der Waals surface area (Å²) in [6.45, 7) is 4.22. The number of esters is 1. The third-order valence-corrected chi connectivity index (χ3v) is 8.89. The normalized spacial score (nSPS) is 19.4. The second kappa shape index (κ2) is 15.9. The summed E-state index contributed by atoms with van der Waals surface area (Å²) in [5.41, 5.74) is 5.70. The van der Waals surface area contributed by atoms with Crippen molar-refractivity contribution in [3.8, 4) is 11.1 Å². The predicted octanol–water partition coefficient (Wildman–Crippen LogP) is 4.92. The van der Waals surface area contributed by atoms with Crippen LogP contribution in [0.1, 0.15) is 48.5 Å². The van der Waals surface area contributed by atoms with Crippen LogP contribution in [0.3, 0.4) is 0 Å². The van der Waals surface area contributed by atoms with Gasteiger partial charge in [0.25, 0.3) is 0 Å². The predicted molar refractivity (Wildman–Crippen MR) is 173 cm³/mol. The first-order chi connectivity index (χ1) is 22.3. The fourth-order valence-corrected chi connectivity index (χ4v) is 6.22. The SMILES string of the molecule is CCOC(=O)CNC(=O)NCc1cccc(-c2ccc([C@@H]3O[C@H](CSc4nncn4C)[C@H](C)[C@H](c4ccc(CO)cc4)O3)cc2)c1. The Hall–Kier alpha value is -4.23. The average Bonchev–Trinajstić information content (AvgIpc) is 3.50. The molecule has 1 aliphatic rings. The van der Waals surface area contributed by atoms with Crippen molar-refractivity contribution in [1.82, 2.24) is 25.4 Å². The molecular formula is C34H39N5O6S. The van der Waals surface area contributed by atoms with Crippen molar-refractivity contribution < 1.29 is 28.9 Å². The highest BCUT2D eigenvalue weighted by Crippen LogP contribution is 2.43. The third kappa shape index (κ3) is 8.52. The molecule has 242 valence electrons. The zero-order valence-electron chi connectivity index (χ0n) is 26.1. The Bertz CT molecular complexity index is 1600. The zero-order chi connectivity index (χ0) is 32.5. The third-order valence-electron chi connectivity index (χ3n) is 7.76. The van der Waals surface area contributed by atoms with Crippen molar-refractivity contribution in [3.05, 3.63) is 101 Å². The second-order valence-corrected chi connectivity index (χ2v) is 12.0. The van der Waals surface area contributed by atoms with Gasteiger partial charge in [0.1, 0.15) is 12.9 Å². The fraction of sp³-hybridized carbons (Fsp3) is 0.353. The molecule has 11 nitrogen and oxygen atoms in total. The average molecular weight is 646 g/mol. The molecular weight excluding hydrogens is 606 g/mol. The van der Waals surface area contributed by atoms with Gasteiger partial charge in [0, 0.05) is 30.8 Å². The van der Waals surface area contributed by atoms with Crippen molar-refractivity contribution in [2.45, 2.75) is 50.7 Å². The highest BCUT2D eigenvalue weighted by Gasteiger charge is 2.38. The summed E-state index contributed by atoms with van der Waals surface area (Å²) < 4.78 is 19.9. The van der Waals surface area contributed by atoms with E-state index in [4.69, 9.17) is 14.2 Å². The van der Waals surface area contributed by atoms with Crippen molar-refractivity contribution in [2.75, 3.05) is 18.9 Å². The highest BCUT2D eigenvalue weighted by molar-refractivity contribution is 7.99. The highest BCUT2D eigenvalue weighted by atomic mass is 32.2. The lowest BCUT2D eigenvalue weighted by Gasteiger charge is -2.41. The molecule has 2 amide bonds. The fourth-order valence-electron chi connectivity index (χ4n) is 5.17. The molecule has 5 rings (SSSR count). The summed E-state index contributed by atoms with van der Waals surface area (Å²) >= 11 is 1.60. The molecule has 1 fully saturated rings. The van der Waals surface area contributed by atoms with E-state index in [-0.39, 0.29) is 37.9 Å². The topological polar surface area (TPSA) is 137 Å². The molecule has 3 N–H and O–H groups in total. The molecule has 2 heterocycles. The molecule has 1 saturated heterocycles. The van der Waals surface area contributed by atoms with E-state index in [1.807, 2.05) is 84.4 Å². The number of carbonyl (C=O) groups is 2. The van der Waals surface area contributed by atoms with Crippen LogP contribution in [0.4, 0.5) is 4.79 Å². The molecule has 1 aromatic heterocycles. The van der Waals surface area contributed by atoms with E-state index in [1.54, 1.807) is 25.0 Å². The van der Waals surface area contributed by atoms with Crippen LogP contribution in [0, 0.1) is 5.92 Å². The number of urea groups is 1. The Labute approximate surface area is 272 Å². The van der Waals surface area contributed by atoms with Gasteiger partial charge in [-0.05, 0) is 40.8 Å². The zero-order valence-corrected chi connectivity index (χ0v) is 26.9. The van der Waals surface area contributed by atoms with Gasteiger partial charge in [0.15, 0.2) is 11.4 Å². The summed E-state index contributed by atoms with van der Waals surface area (Å²) in [6.07, 6.45) is 0.766. The first-order valence-electron chi connectivity index (χ1n) is 15.2. The molecule has 4 atom stereocenters. The summed E-state index contributed by atoms with van der Waals surface area (Å²) in [6, 6.07) is 23.4. The van der Waals surface area contributed by atoms with Gasteiger partial charge in [-0.1, -0.05) is 85.4 Å². The minimum absolute atomic E-state index is 0.0116. The van der Waals surface area contributed by atoms with Crippen LogP contribution in [-0.2, 0) is 39.2 Å². The van der Waals surface area contributed by atoms with Crippen molar-refractivity contribution in [1.29, 1.82) is 0 Å². The van der Waals surface area contributed by atoms with E-state index in [0.29, 0.717) is 12.3 Å². The van der Waals surface area contributed by atoms with Gasteiger partial charge in [-0.25, -0.2) is 4.79 Å². The van der Waals surface area contributed by atoms with E-state index in [1.165, 1.54) is 0 Å². The number of aliphatic hydroxyl groups excluding tert-OH is 1. The molecule has 0 radical (unpaired) electrons. The number of ether oxygens (including phenoxy) is 3. The lowest BCUT2D eigenvalue weighted by Crippen LogP contribution is -2.38. The van der Waals surface area contributed by atoms with E-state index in [9.17, 15) is 14.7 Å². The van der Waals surface area contributed by atoms with Gasteiger partial charge in [0.2, 0.25) is 0 Å². The number of rotatable bonds is 12. The van der Waals surface area contributed by atoms with Gasteiger partial charge >= 0.3 is 12.0 Å². The molecule has 12 heteroatoms. The van der Waals surface area contributed by atoms with Gasteiger partial charge in [-0.3, -0.25) is 4.79 Å². The quantitative estimate of drug-likeness (QED) is 0.145. The first-order valence-corrected chi connectivity index (χ1v) is 16.2. The maximum atomic E-state index is 12.1. The number of hydrogen-bond donors (Lipinski definition) is 3. The van der Waals surface area contributed by atoms with Crippen LogP contribution in [0.25, 0.3) is 11.1 Å². The van der Waals surface area contributed by atoms with Crippen LogP contribution < -0.4 is 10.6 Å². The van der Waals surface area contributed by atoms with Crippen LogP contribution in [0.15, 0.2) is 84.3 Å². The number of carbonyl (C=O) groups excluding carboxylic acids is 2. The largest absolute Gasteiger partial charge is 0.465 e. The summed E-state index contributed by atoms with van der Waals surface area (Å²) in [5, 5.41) is 23.8. The lowest BCUT2D eigenvalue weighted by atomic mass is 9.91. The van der Waals surface area contributed by atoms with Crippen LogP contribution in [-0.4, -0.2) is 56.9 Å². The van der Waals surface area contributed by atoms with Crippen LogP contribution in [0.2, 0.25) is 0 Å². The van der Waals surface area contributed by atoms with E-state index in [2.05, 4.69) is 27.8 Å². The number of nitrogens with one attached hydrogen (secondary N) is 2. The molecule has 0 spiro atoms. The molecule has 4 aromatic rings. The smallest absolute Gasteiger partial charge is 0.325 e. The molecule has 0 bridgehead atoms. The van der Waals surface area contributed by atoms with Crippen LogP contribution in [0.5, 0.6) is 0 Å². The maximum absolute atomic E-state index is 12.1. The number of benzene rings is 3. The summed E-state index contributed by atoms with van der Waals surface area (Å²) in [4.78, 5) is 23.6. The van der Waals surface area contributed by atoms with Crippen molar-refractivity contribution in [2.24, 2.45) is 13.0 Å². The van der Waals surface area contributed by atoms with Gasteiger partial charge < -0.3 is 34.5 Å². The Morgan fingerprint density at radius 2 is 1.74 bits per heavy atom. The van der Waals surface area contributed by atoms with Crippen molar-refractivity contribution >= 4 is 23.8 Å². The second-order valence-electron chi connectivity index (χ2n) is 11.0. The summed E-state index contributed by atoms with van der Waals surface area (Å²) in [5.74, 6) is 0.253. The Morgan fingerprint density at radius 1 is 0.978 bits per heavy atom. The van der Waals surface area contributed by atoms with Gasteiger partial charge in [-0.2, -0.15) is 0 Å². The number of hydrogen-bond acceptors (Lipinski definition) is 9. The number of aromatic nitrogens is 3. The number of amides is 2. The molecule has 46 heavy (non-hydrogen) atoms. The van der Waals surface area contributed by atoms with Gasteiger partial charge in [-0.15, -0.1) is 10.2 Å². The van der Waals surface area contributed by atoms with Crippen LogP contribution >= 0.6 is 11.8 Å². The summed E-state index contributed by atoms with van der Waals surface area (Å²) in [7, 11) is 1.92. The van der Waals surface area contributed by atoms with E-state index >= 15 is 0 Å². The molecule has 0 saturated carbocycles. The minimum Gasteiger partial charge on any atom is -0.465 e. The maximum Gasteiger partial charge on any atom is 0.325 e.